The van der Waals surface area contributed by atoms with E-state index < -0.39 is 0 Å². The Labute approximate surface area is 137 Å². The Morgan fingerprint density at radius 1 is 1.39 bits per heavy atom. The second-order valence-electron chi connectivity index (χ2n) is 5.74. The van der Waals surface area contributed by atoms with Crippen LogP contribution in [0.3, 0.4) is 0 Å². The monoisotopic (exact) mass is 327 g/mol. The molecule has 23 heavy (non-hydrogen) atoms. The fraction of sp³-hybridized carbons (Fsp3) is 0.312. The Morgan fingerprint density at radius 3 is 3.09 bits per heavy atom. The van der Waals surface area contributed by atoms with Gasteiger partial charge in [0.25, 0.3) is 0 Å². The molecule has 1 aliphatic heterocycles. The van der Waals surface area contributed by atoms with Gasteiger partial charge in [-0.05, 0) is 25.3 Å². The molecule has 1 aliphatic rings. The average molecular weight is 327 g/mol. The minimum atomic E-state index is -0.357. The summed E-state index contributed by atoms with van der Waals surface area (Å²) in [5.74, 6) is 0.816. The molecule has 0 aliphatic carbocycles. The number of carbonyl (C=O) groups excluding carboxylic acids is 1. The van der Waals surface area contributed by atoms with E-state index in [0.717, 1.165) is 46.6 Å². The summed E-state index contributed by atoms with van der Waals surface area (Å²) in [5.41, 5.74) is 10.3. The van der Waals surface area contributed by atoms with Gasteiger partial charge in [0.2, 0.25) is 0 Å². The maximum absolute atomic E-state index is 11.8. The first-order valence-corrected chi connectivity index (χ1v) is 8.55. The number of rotatable bonds is 2. The molecule has 3 heterocycles. The summed E-state index contributed by atoms with van der Waals surface area (Å²) in [4.78, 5) is 26.8. The number of hydrogen-bond donors (Lipinski definition) is 2. The summed E-state index contributed by atoms with van der Waals surface area (Å²) in [5, 5.41) is 0. The molecule has 4 rings (SSSR count). The molecule has 0 saturated carbocycles. The van der Waals surface area contributed by atoms with Crippen molar-refractivity contribution in [1.82, 2.24) is 19.9 Å². The van der Waals surface area contributed by atoms with Gasteiger partial charge in [-0.3, -0.25) is 4.98 Å². The molecule has 2 aromatic heterocycles. The zero-order valence-corrected chi connectivity index (χ0v) is 13.3. The molecule has 6 nitrogen and oxygen atoms in total. The number of nitrogens with zero attached hydrogens (tertiary/aromatic N) is 3. The number of urea groups is 1. The van der Waals surface area contributed by atoms with Crippen molar-refractivity contribution in [3.8, 4) is 10.7 Å². The molecule has 1 fully saturated rings. The molecule has 1 atom stereocenters. The van der Waals surface area contributed by atoms with Gasteiger partial charge in [-0.1, -0.05) is 12.1 Å². The number of carbonyl (C=O) groups is 1. The molecule has 1 aromatic carbocycles. The summed E-state index contributed by atoms with van der Waals surface area (Å²) in [6.07, 6.45) is 4.82. The van der Waals surface area contributed by atoms with Gasteiger partial charge in [-0.25, -0.2) is 9.78 Å². The van der Waals surface area contributed by atoms with Crippen molar-refractivity contribution in [1.29, 1.82) is 0 Å². The molecule has 0 spiro atoms. The lowest BCUT2D eigenvalue weighted by atomic mass is 9.94. The SMILES string of the molecule is NC(=O)N1CCCCC1c1cccc2[nH]c(-c3cncs3)nc12. The maximum Gasteiger partial charge on any atom is 0.315 e. The number of H-pyrrole nitrogens is 1. The third kappa shape index (κ3) is 2.46. The second kappa shape index (κ2) is 5.66. The molecular formula is C16H17N5OS. The highest BCUT2D eigenvalue weighted by molar-refractivity contribution is 7.13. The van der Waals surface area contributed by atoms with Crippen LogP contribution in [0.1, 0.15) is 30.9 Å². The van der Waals surface area contributed by atoms with Gasteiger partial charge in [-0.2, -0.15) is 0 Å². The number of amides is 2. The third-order valence-electron chi connectivity index (χ3n) is 4.35. The number of fused-ring (bicyclic) bond motifs is 1. The fourth-order valence-electron chi connectivity index (χ4n) is 3.29. The number of aromatic amines is 1. The quantitative estimate of drug-likeness (QED) is 0.757. The maximum atomic E-state index is 11.8. The normalized spacial score (nSPS) is 18.4. The summed E-state index contributed by atoms with van der Waals surface area (Å²) >= 11 is 1.55. The van der Waals surface area contributed by atoms with Crippen LogP contribution in [0.5, 0.6) is 0 Å². The predicted octanol–water partition coefficient (Wildman–Crippen LogP) is 3.29. The number of aromatic nitrogens is 3. The molecule has 0 bridgehead atoms. The average Bonchev–Trinajstić information content (AvgIpc) is 3.23. The van der Waals surface area contributed by atoms with E-state index in [9.17, 15) is 4.79 Å². The topological polar surface area (TPSA) is 87.9 Å². The fourth-order valence-corrected chi connectivity index (χ4v) is 3.86. The summed E-state index contributed by atoms with van der Waals surface area (Å²) in [6.45, 7) is 0.711. The van der Waals surface area contributed by atoms with E-state index in [1.807, 2.05) is 18.2 Å². The van der Waals surface area contributed by atoms with Gasteiger partial charge < -0.3 is 15.6 Å². The number of nitrogens with one attached hydrogen (secondary N) is 1. The number of nitrogens with two attached hydrogens (primary N) is 1. The molecule has 118 valence electrons. The zero-order chi connectivity index (χ0) is 15.8. The summed E-state index contributed by atoms with van der Waals surface area (Å²) in [7, 11) is 0. The van der Waals surface area contributed by atoms with Crippen LogP contribution in [-0.2, 0) is 0 Å². The lowest BCUT2D eigenvalue weighted by Gasteiger charge is -2.34. The molecule has 1 unspecified atom stereocenters. The van der Waals surface area contributed by atoms with E-state index in [4.69, 9.17) is 10.7 Å². The molecular weight excluding hydrogens is 310 g/mol. The van der Waals surface area contributed by atoms with Crippen LogP contribution in [0.2, 0.25) is 0 Å². The van der Waals surface area contributed by atoms with Crippen molar-refractivity contribution in [2.75, 3.05) is 6.54 Å². The zero-order valence-electron chi connectivity index (χ0n) is 12.5. The highest BCUT2D eigenvalue weighted by atomic mass is 32.1. The number of imidazole rings is 1. The summed E-state index contributed by atoms with van der Waals surface area (Å²) < 4.78 is 0. The first-order valence-electron chi connectivity index (χ1n) is 7.67. The number of likely N-dealkylation sites (tertiary alicyclic amines) is 1. The van der Waals surface area contributed by atoms with Crippen LogP contribution in [-0.4, -0.2) is 32.4 Å². The number of hydrogen-bond acceptors (Lipinski definition) is 4. The van der Waals surface area contributed by atoms with Crippen LogP contribution >= 0.6 is 11.3 Å². The molecule has 3 N–H and O–H groups in total. The van der Waals surface area contributed by atoms with Crippen LogP contribution in [0.4, 0.5) is 4.79 Å². The van der Waals surface area contributed by atoms with Crippen molar-refractivity contribution in [2.24, 2.45) is 5.73 Å². The van der Waals surface area contributed by atoms with Crippen LogP contribution in [0.25, 0.3) is 21.7 Å². The van der Waals surface area contributed by atoms with E-state index in [1.54, 1.807) is 27.9 Å². The van der Waals surface area contributed by atoms with E-state index in [2.05, 4.69) is 9.97 Å². The number of thiazole rings is 1. The van der Waals surface area contributed by atoms with E-state index in [1.165, 1.54) is 0 Å². The minimum absolute atomic E-state index is 0.00237. The first kappa shape index (κ1) is 14.2. The van der Waals surface area contributed by atoms with E-state index in [0.29, 0.717) is 6.54 Å². The largest absolute Gasteiger partial charge is 0.351 e. The van der Waals surface area contributed by atoms with Crippen molar-refractivity contribution in [2.45, 2.75) is 25.3 Å². The highest BCUT2D eigenvalue weighted by Crippen LogP contribution is 2.35. The Balaban J connectivity index is 1.81. The van der Waals surface area contributed by atoms with Gasteiger partial charge in [0.05, 0.1) is 27.5 Å². The Bertz CT molecular complexity index is 841. The van der Waals surface area contributed by atoms with Crippen LogP contribution < -0.4 is 5.73 Å². The van der Waals surface area contributed by atoms with Crippen molar-refractivity contribution < 1.29 is 4.79 Å². The molecule has 3 aromatic rings. The Morgan fingerprint density at radius 2 is 2.30 bits per heavy atom. The molecule has 2 amide bonds. The predicted molar refractivity (Wildman–Crippen MR) is 90.1 cm³/mol. The van der Waals surface area contributed by atoms with Gasteiger partial charge >= 0.3 is 6.03 Å². The van der Waals surface area contributed by atoms with Crippen molar-refractivity contribution in [3.05, 3.63) is 35.5 Å². The van der Waals surface area contributed by atoms with E-state index in [-0.39, 0.29) is 12.1 Å². The van der Waals surface area contributed by atoms with Crippen LogP contribution in [0, 0.1) is 0 Å². The lowest BCUT2D eigenvalue weighted by molar-refractivity contribution is 0.160. The highest BCUT2D eigenvalue weighted by Gasteiger charge is 2.28. The molecule has 0 radical (unpaired) electrons. The molecule has 7 heteroatoms. The Kier molecular flexibility index (Phi) is 3.49. The van der Waals surface area contributed by atoms with Crippen molar-refractivity contribution >= 4 is 28.4 Å². The standard InChI is InChI=1S/C16H17N5OS/c17-16(22)21-7-2-1-6-12(21)10-4-3-5-11-14(10)20-15(19-11)13-8-18-9-23-13/h3-5,8-9,12H,1-2,6-7H2,(H2,17,22)(H,19,20). The van der Waals surface area contributed by atoms with Gasteiger partial charge in [0.1, 0.15) is 5.82 Å². The van der Waals surface area contributed by atoms with Crippen LogP contribution in [0.15, 0.2) is 29.9 Å². The number of piperidine rings is 1. The number of para-hydroxylation sites is 1. The van der Waals surface area contributed by atoms with Gasteiger partial charge in [0, 0.05) is 18.3 Å². The summed E-state index contributed by atoms with van der Waals surface area (Å²) in [6, 6.07) is 5.70. The minimum Gasteiger partial charge on any atom is -0.351 e. The molecule has 1 saturated heterocycles. The third-order valence-corrected chi connectivity index (χ3v) is 5.13. The first-order chi connectivity index (χ1) is 11.2. The van der Waals surface area contributed by atoms with E-state index >= 15 is 0 Å². The smallest absolute Gasteiger partial charge is 0.315 e. The van der Waals surface area contributed by atoms with Gasteiger partial charge in [0.15, 0.2) is 0 Å². The number of benzene rings is 1. The Hall–Kier alpha value is -2.41. The lowest BCUT2D eigenvalue weighted by Crippen LogP contribution is -2.41. The van der Waals surface area contributed by atoms with Gasteiger partial charge in [-0.15, -0.1) is 11.3 Å². The van der Waals surface area contributed by atoms with Crippen molar-refractivity contribution in [3.63, 3.8) is 0 Å². The number of primary amides is 1. The second-order valence-corrected chi connectivity index (χ2v) is 6.62.